The molecule has 1 N–H and O–H groups in total. The molecule has 4 bridgehead atoms. The predicted octanol–water partition coefficient (Wildman–Crippen LogP) is 1.49. The van der Waals surface area contributed by atoms with Gasteiger partial charge in [-0.2, -0.15) is 0 Å². The van der Waals surface area contributed by atoms with Crippen LogP contribution in [0.15, 0.2) is 0 Å². The van der Waals surface area contributed by atoms with Gasteiger partial charge in [0.2, 0.25) is 0 Å². The Morgan fingerprint density at radius 2 is 1.64 bits per heavy atom. The van der Waals surface area contributed by atoms with E-state index in [2.05, 4.69) is 19.0 Å². The lowest BCUT2D eigenvalue weighted by Gasteiger charge is -2.59. The van der Waals surface area contributed by atoms with Crippen molar-refractivity contribution in [1.82, 2.24) is 4.90 Å². The molecule has 2 atom stereocenters. The maximum atomic E-state index is 10.4. The molecule has 0 amide bonds. The van der Waals surface area contributed by atoms with Crippen LogP contribution in [0.5, 0.6) is 0 Å². The van der Waals surface area contributed by atoms with Crippen molar-refractivity contribution < 1.29 is 5.11 Å². The van der Waals surface area contributed by atoms with Crippen molar-refractivity contribution in [3.8, 4) is 0 Å². The summed E-state index contributed by atoms with van der Waals surface area (Å²) in [6.07, 6.45) is 6.00. The molecule has 0 saturated heterocycles. The normalized spacial score (nSPS) is 55.7. The van der Waals surface area contributed by atoms with Crippen LogP contribution < -0.4 is 0 Å². The van der Waals surface area contributed by atoms with E-state index >= 15 is 0 Å². The summed E-state index contributed by atoms with van der Waals surface area (Å²) >= 11 is 0. The zero-order valence-corrected chi connectivity index (χ0v) is 9.24. The summed E-state index contributed by atoms with van der Waals surface area (Å²) in [5.74, 6) is 2.40. The molecule has 4 aliphatic carbocycles. The van der Waals surface area contributed by atoms with E-state index in [0.717, 1.165) is 43.1 Å². The zero-order valence-electron chi connectivity index (χ0n) is 9.24. The van der Waals surface area contributed by atoms with Crippen molar-refractivity contribution in [2.45, 2.75) is 43.7 Å². The second kappa shape index (κ2) is 2.73. The van der Waals surface area contributed by atoms with Crippen LogP contribution in [-0.2, 0) is 0 Å². The van der Waals surface area contributed by atoms with Crippen LogP contribution in [0.3, 0.4) is 0 Å². The van der Waals surface area contributed by atoms with Crippen molar-refractivity contribution in [1.29, 1.82) is 0 Å². The minimum absolute atomic E-state index is 0.261. The molecule has 0 aromatic carbocycles. The maximum absolute atomic E-state index is 10.4. The lowest BCUT2D eigenvalue weighted by Crippen LogP contribution is -2.60. The van der Waals surface area contributed by atoms with E-state index in [-0.39, 0.29) is 5.60 Å². The minimum atomic E-state index is -0.261. The summed E-state index contributed by atoms with van der Waals surface area (Å²) in [6.45, 7) is 0. The number of nitrogens with zero attached hydrogens (tertiary/aromatic N) is 1. The summed E-state index contributed by atoms with van der Waals surface area (Å²) in [4.78, 5) is 2.40. The standard InChI is InChI=1S/C12H21NO/c1-13(2)11-9-3-8-4-10(11)7-12(14,5-8)6-9/h8-11,14H,3-7H2,1-2H3. The van der Waals surface area contributed by atoms with Gasteiger partial charge in [-0.15, -0.1) is 0 Å². The van der Waals surface area contributed by atoms with Gasteiger partial charge < -0.3 is 10.0 Å². The average Bonchev–Trinajstić information content (AvgIpc) is 1.97. The van der Waals surface area contributed by atoms with Gasteiger partial charge in [-0.25, -0.2) is 0 Å². The Hall–Kier alpha value is -0.0800. The quantitative estimate of drug-likeness (QED) is 0.685. The third kappa shape index (κ3) is 1.17. The highest BCUT2D eigenvalue weighted by Crippen LogP contribution is 2.56. The molecule has 0 aliphatic heterocycles. The lowest BCUT2D eigenvalue weighted by molar-refractivity contribution is -0.154. The van der Waals surface area contributed by atoms with Crippen LogP contribution in [0.25, 0.3) is 0 Å². The number of rotatable bonds is 1. The van der Waals surface area contributed by atoms with Gasteiger partial charge in [0.25, 0.3) is 0 Å². The lowest BCUT2D eigenvalue weighted by atomic mass is 9.52. The fourth-order valence-electron chi connectivity index (χ4n) is 4.80. The molecule has 2 unspecified atom stereocenters. The smallest absolute Gasteiger partial charge is 0.0657 e. The van der Waals surface area contributed by atoms with Gasteiger partial charge in [0.1, 0.15) is 0 Å². The summed E-state index contributed by atoms with van der Waals surface area (Å²) < 4.78 is 0. The molecule has 4 rings (SSSR count). The first kappa shape index (κ1) is 9.17. The van der Waals surface area contributed by atoms with E-state index in [1.165, 1.54) is 12.8 Å². The maximum Gasteiger partial charge on any atom is 0.0657 e. The van der Waals surface area contributed by atoms with Crippen LogP contribution >= 0.6 is 0 Å². The van der Waals surface area contributed by atoms with E-state index in [4.69, 9.17) is 0 Å². The molecule has 0 spiro atoms. The van der Waals surface area contributed by atoms with Crippen molar-refractivity contribution in [2.75, 3.05) is 14.1 Å². The van der Waals surface area contributed by atoms with Gasteiger partial charge >= 0.3 is 0 Å². The molecule has 2 heteroatoms. The van der Waals surface area contributed by atoms with Crippen molar-refractivity contribution >= 4 is 0 Å². The van der Waals surface area contributed by atoms with Crippen molar-refractivity contribution in [3.05, 3.63) is 0 Å². The summed E-state index contributed by atoms with van der Waals surface area (Å²) in [7, 11) is 4.41. The molecule has 2 nitrogen and oxygen atoms in total. The van der Waals surface area contributed by atoms with Crippen LogP contribution in [0.4, 0.5) is 0 Å². The Bertz CT molecular complexity index is 235. The summed E-state index contributed by atoms with van der Waals surface area (Å²) in [6, 6.07) is 0.756. The van der Waals surface area contributed by atoms with E-state index in [9.17, 15) is 5.11 Å². The first-order valence-electron chi connectivity index (χ1n) is 5.96. The topological polar surface area (TPSA) is 23.5 Å². The molecule has 0 aromatic heterocycles. The molecule has 4 saturated carbocycles. The van der Waals surface area contributed by atoms with Crippen LogP contribution in [0.2, 0.25) is 0 Å². The molecular formula is C12H21NO. The van der Waals surface area contributed by atoms with E-state index in [1.807, 2.05) is 0 Å². The van der Waals surface area contributed by atoms with Gasteiger partial charge in [0.15, 0.2) is 0 Å². The largest absolute Gasteiger partial charge is 0.390 e. The van der Waals surface area contributed by atoms with E-state index in [0.29, 0.717) is 0 Å². The van der Waals surface area contributed by atoms with Gasteiger partial charge in [-0.05, 0) is 64.0 Å². The fraction of sp³-hybridized carbons (Fsp3) is 1.00. The third-order valence-corrected chi connectivity index (χ3v) is 4.79. The molecule has 0 radical (unpaired) electrons. The summed E-state index contributed by atoms with van der Waals surface area (Å²) in [5.41, 5.74) is -0.261. The monoisotopic (exact) mass is 195 g/mol. The zero-order chi connectivity index (χ0) is 9.92. The van der Waals surface area contributed by atoms with Gasteiger partial charge in [-0.3, -0.25) is 0 Å². The highest BCUT2D eigenvalue weighted by molar-refractivity contribution is 5.07. The van der Waals surface area contributed by atoms with E-state index < -0.39 is 0 Å². The average molecular weight is 195 g/mol. The highest BCUT2D eigenvalue weighted by Gasteiger charge is 2.55. The fourth-order valence-corrected chi connectivity index (χ4v) is 4.80. The molecule has 0 heterocycles. The number of hydrogen-bond acceptors (Lipinski definition) is 2. The summed E-state index contributed by atoms with van der Waals surface area (Å²) in [5, 5.41) is 10.4. The van der Waals surface area contributed by atoms with Crippen molar-refractivity contribution in [3.63, 3.8) is 0 Å². The second-order valence-corrected chi connectivity index (χ2v) is 6.15. The molecule has 80 valence electrons. The van der Waals surface area contributed by atoms with Gasteiger partial charge in [0, 0.05) is 6.04 Å². The molecule has 14 heavy (non-hydrogen) atoms. The number of aliphatic hydroxyl groups is 1. The van der Waals surface area contributed by atoms with Crippen LogP contribution in [0.1, 0.15) is 32.1 Å². The third-order valence-electron chi connectivity index (χ3n) is 4.79. The predicted molar refractivity (Wildman–Crippen MR) is 56.0 cm³/mol. The highest BCUT2D eigenvalue weighted by atomic mass is 16.3. The molecule has 4 fully saturated rings. The Morgan fingerprint density at radius 1 is 1.07 bits per heavy atom. The Labute approximate surface area is 86.3 Å². The molecule has 4 aliphatic rings. The van der Waals surface area contributed by atoms with E-state index in [1.54, 1.807) is 0 Å². The van der Waals surface area contributed by atoms with Gasteiger partial charge in [0.05, 0.1) is 5.60 Å². The first-order chi connectivity index (χ1) is 6.57. The number of hydrogen-bond donors (Lipinski definition) is 1. The SMILES string of the molecule is CN(C)C1C2CC3CC1CC(O)(C3)C2. The molecular weight excluding hydrogens is 174 g/mol. The Balaban J connectivity index is 1.89. The molecule has 0 aromatic rings. The van der Waals surface area contributed by atoms with Crippen LogP contribution in [0, 0.1) is 17.8 Å². The first-order valence-corrected chi connectivity index (χ1v) is 5.96. The Morgan fingerprint density at radius 3 is 2.07 bits per heavy atom. The Kier molecular flexibility index (Phi) is 1.79. The van der Waals surface area contributed by atoms with Crippen LogP contribution in [-0.4, -0.2) is 35.7 Å². The van der Waals surface area contributed by atoms with Crippen molar-refractivity contribution in [2.24, 2.45) is 17.8 Å². The minimum Gasteiger partial charge on any atom is -0.390 e. The van der Waals surface area contributed by atoms with Gasteiger partial charge in [-0.1, -0.05) is 0 Å². The second-order valence-electron chi connectivity index (χ2n) is 6.15.